The molecule has 0 aliphatic carbocycles. The van der Waals surface area contributed by atoms with Crippen molar-refractivity contribution in [2.45, 2.75) is 69.2 Å². The number of thioether (sulfide) groups is 1. The summed E-state index contributed by atoms with van der Waals surface area (Å²) in [7, 11) is -1.93. The van der Waals surface area contributed by atoms with Crippen molar-refractivity contribution in [1.29, 1.82) is 0 Å². The molecule has 2 aromatic carbocycles. The molecule has 10 heteroatoms. The zero-order valence-electron chi connectivity index (χ0n) is 24.6. The normalized spacial score (nSPS) is 15.9. The fourth-order valence-corrected chi connectivity index (χ4v) is 6.81. The van der Waals surface area contributed by atoms with E-state index in [9.17, 15) is 4.39 Å². The van der Waals surface area contributed by atoms with Gasteiger partial charge in [-0.25, -0.2) is 13.9 Å². The van der Waals surface area contributed by atoms with Crippen LogP contribution >= 0.6 is 24.0 Å². The molecule has 0 radical (unpaired) electrons. The fourth-order valence-electron chi connectivity index (χ4n) is 4.94. The van der Waals surface area contributed by atoms with Gasteiger partial charge in [0.05, 0.1) is 12.2 Å². The Bertz CT molecular complexity index is 1570. The molecule has 0 unspecified atom stereocenters. The predicted molar refractivity (Wildman–Crippen MR) is 173 cm³/mol. The number of nitrogens with one attached hydrogen (secondary N) is 1. The number of halogens is 1. The highest BCUT2D eigenvalue weighted by Crippen LogP contribution is 2.40. The van der Waals surface area contributed by atoms with Crippen molar-refractivity contribution in [3.05, 3.63) is 83.4 Å². The van der Waals surface area contributed by atoms with Crippen LogP contribution in [-0.4, -0.2) is 40.7 Å². The predicted octanol–water partition coefficient (Wildman–Crippen LogP) is 7.78. The summed E-state index contributed by atoms with van der Waals surface area (Å²) in [5, 5.41) is 8.47. The molecule has 3 heterocycles. The van der Waals surface area contributed by atoms with Crippen LogP contribution in [0.3, 0.4) is 0 Å². The van der Waals surface area contributed by atoms with E-state index < -0.39 is 8.32 Å². The lowest BCUT2D eigenvalue weighted by molar-refractivity contribution is 0.491. The van der Waals surface area contributed by atoms with E-state index in [-0.39, 0.29) is 16.9 Å². The highest BCUT2D eigenvalue weighted by atomic mass is 32.2. The largest absolute Gasteiger partial charge is 0.543 e. The quantitative estimate of drug-likeness (QED) is 0.125. The average Bonchev–Trinajstić information content (AvgIpc) is 3.58. The molecule has 1 N–H and O–H groups in total. The second-order valence-electron chi connectivity index (χ2n) is 12.0. The van der Waals surface area contributed by atoms with E-state index in [4.69, 9.17) is 21.7 Å². The minimum Gasteiger partial charge on any atom is -0.543 e. The molecule has 0 bridgehead atoms. The second kappa shape index (κ2) is 11.7. The zero-order chi connectivity index (χ0) is 29.4. The number of fused-ring (bicyclic) bond motifs is 1. The van der Waals surface area contributed by atoms with Crippen molar-refractivity contribution in [3.63, 3.8) is 0 Å². The Morgan fingerprint density at radius 1 is 1.17 bits per heavy atom. The highest BCUT2D eigenvalue weighted by Gasteiger charge is 2.39. The average molecular weight is 608 g/mol. The van der Waals surface area contributed by atoms with E-state index in [0.717, 1.165) is 58.3 Å². The van der Waals surface area contributed by atoms with Gasteiger partial charge in [-0.05, 0) is 90.8 Å². The van der Waals surface area contributed by atoms with Crippen LogP contribution in [0.1, 0.15) is 56.5 Å². The molecule has 6 nitrogen and oxygen atoms in total. The van der Waals surface area contributed by atoms with Gasteiger partial charge in [0.25, 0.3) is 0 Å². The Morgan fingerprint density at radius 2 is 1.98 bits per heavy atom. The summed E-state index contributed by atoms with van der Waals surface area (Å²) in [5.74, 6) is 1.51. The summed E-state index contributed by atoms with van der Waals surface area (Å²) in [5.41, 5.74) is 3.56. The maximum absolute atomic E-state index is 14.2. The first-order valence-electron chi connectivity index (χ1n) is 14.0. The van der Waals surface area contributed by atoms with E-state index in [0.29, 0.717) is 11.5 Å². The summed E-state index contributed by atoms with van der Waals surface area (Å²) < 4.78 is 22.5. The van der Waals surface area contributed by atoms with Crippen molar-refractivity contribution in [2.24, 2.45) is 0 Å². The topological polar surface area (TPSA) is 54.7 Å². The van der Waals surface area contributed by atoms with Gasteiger partial charge < -0.3 is 14.6 Å². The third-order valence-electron chi connectivity index (χ3n) is 8.21. The summed E-state index contributed by atoms with van der Waals surface area (Å²) >= 11 is 7.45. The van der Waals surface area contributed by atoms with Crippen LogP contribution in [0.5, 0.6) is 5.75 Å². The number of nitrogens with zero attached hydrogens (tertiary/aromatic N) is 4. The molecule has 2 aromatic heterocycles. The molecule has 1 aliphatic rings. The van der Waals surface area contributed by atoms with Crippen LogP contribution in [0.15, 0.2) is 65.7 Å². The van der Waals surface area contributed by atoms with Gasteiger partial charge in [0.1, 0.15) is 28.1 Å². The number of imidazole rings is 1. The van der Waals surface area contributed by atoms with E-state index in [1.165, 1.54) is 6.07 Å². The SMILES string of the molecule is CSc1ccc(F)cc1[C@H]1CCCN1c1ccc2ncc(C(=S)NCc3cccc(O[Si](C)(C)C(C)(C)C)c3)n2n1. The number of anilines is 1. The van der Waals surface area contributed by atoms with Gasteiger partial charge in [-0.1, -0.05) is 45.1 Å². The zero-order valence-corrected chi connectivity index (χ0v) is 27.2. The lowest BCUT2D eigenvalue weighted by atomic mass is 10.0. The molecule has 41 heavy (non-hydrogen) atoms. The van der Waals surface area contributed by atoms with Crippen molar-refractivity contribution in [2.75, 3.05) is 17.7 Å². The second-order valence-corrected chi connectivity index (χ2v) is 18.0. The number of aromatic nitrogens is 3. The standard InChI is InChI=1S/C31H38FN5OS2Si/c1-31(2,3)41(5,6)38-23-10-7-9-21(17-23)19-34-30(39)26-20-33-28-14-15-29(35-37(26)28)36-16-8-11-25(36)24-18-22(32)12-13-27(24)40-4/h7,9-10,12-15,17-18,20,25H,8,11,16,19H2,1-6H3,(H,34,39)/t25-/m1/s1. The number of thiocarbonyl (C=S) groups is 1. The number of rotatable bonds is 8. The van der Waals surface area contributed by atoms with Crippen LogP contribution in [0.25, 0.3) is 5.65 Å². The van der Waals surface area contributed by atoms with Gasteiger partial charge >= 0.3 is 0 Å². The maximum Gasteiger partial charge on any atom is 0.250 e. The summed E-state index contributed by atoms with van der Waals surface area (Å²) in [4.78, 5) is 8.48. The minimum absolute atomic E-state index is 0.0657. The van der Waals surface area contributed by atoms with Gasteiger partial charge in [-0.15, -0.1) is 16.9 Å². The van der Waals surface area contributed by atoms with Gasteiger partial charge in [0.15, 0.2) is 5.65 Å². The van der Waals surface area contributed by atoms with E-state index in [1.54, 1.807) is 28.5 Å². The van der Waals surface area contributed by atoms with Crippen LogP contribution in [0, 0.1) is 5.82 Å². The Balaban J connectivity index is 1.34. The van der Waals surface area contributed by atoms with E-state index in [2.05, 4.69) is 61.2 Å². The molecule has 0 saturated carbocycles. The van der Waals surface area contributed by atoms with Crippen molar-refractivity contribution >= 4 is 48.8 Å². The first kappa shape index (κ1) is 29.5. The van der Waals surface area contributed by atoms with Crippen LogP contribution in [0.4, 0.5) is 10.2 Å². The number of hydrogen-bond acceptors (Lipinski definition) is 6. The van der Waals surface area contributed by atoms with Crippen LogP contribution in [0.2, 0.25) is 18.1 Å². The van der Waals surface area contributed by atoms with Gasteiger partial charge in [-0.2, -0.15) is 0 Å². The monoisotopic (exact) mass is 607 g/mol. The molecule has 5 rings (SSSR count). The molecule has 0 amide bonds. The summed E-state index contributed by atoms with van der Waals surface area (Å²) in [6, 6.07) is 17.3. The summed E-state index contributed by atoms with van der Waals surface area (Å²) in [6.45, 7) is 12.6. The van der Waals surface area contributed by atoms with Gasteiger partial charge in [0.2, 0.25) is 8.32 Å². The first-order chi connectivity index (χ1) is 19.5. The molecular weight excluding hydrogens is 570 g/mol. The minimum atomic E-state index is -1.93. The lowest BCUT2D eigenvalue weighted by Gasteiger charge is -2.36. The Morgan fingerprint density at radius 3 is 2.73 bits per heavy atom. The summed E-state index contributed by atoms with van der Waals surface area (Å²) in [6.07, 6.45) is 5.76. The molecule has 1 atom stereocenters. The maximum atomic E-state index is 14.2. The molecule has 216 valence electrons. The van der Waals surface area contributed by atoms with Gasteiger partial charge in [-0.3, -0.25) is 0 Å². The smallest absolute Gasteiger partial charge is 0.250 e. The Kier molecular flexibility index (Phi) is 8.45. The highest BCUT2D eigenvalue weighted by molar-refractivity contribution is 7.98. The molecule has 1 saturated heterocycles. The van der Waals surface area contributed by atoms with Crippen molar-refractivity contribution < 1.29 is 8.82 Å². The molecule has 0 spiro atoms. The molecule has 1 fully saturated rings. The van der Waals surface area contributed by atoms with Crippen LogP contribution in [-0.2, 0) is 6.54 Å². The molecule has 1 aliphatic heterocycles. The lowest BCUT2D eigenvalue weighted by Crippen LogP contribution is -2.43. The van der Waals surface area contributed by atoms with Crippen molar-refractivity contribution in [3.8, 4) is 5.75 Å². The van der Waals surface area contributed by atoms with E-state index in [1.807, 2.05) is 36.6 Å². The first-order valence-corrected chi connectivity index (χ1v) is 18.5. The Hall–Kier alpha value is -2.95. The molecular formula is C31H38FN5OS2Si. The third-order valence-corrected chi connectivity index (χ3v) is 13.7. The van der Waals surface area contributed by atoms with Crippen molar-refractivity contribution in [1.82, 2.24) is 19.9 Å². The van der Waals surface area contributed by atoms with E-state index >= 15 is 0 Å². The third kappa shape index (κ3) is 6.29. The fraction of sp³-hybridized carbons (Fsp3) is 0.387. The molecule has 4 aromatic rings. The number of benzene rings is 2. The Labute approximate surface area is 252 Å². The van der Waals surface area contributed by atoms with Crippen LogP contribution < -0.4 is 14.6 Å². The van der Waals surface area contributed by atoms with Gasteiger partial charge in [0, 0.05) is 18.0 Å². The number of hydrogen-bond donors (Lipinski definition) is 1.